The summed E-state index contributed by atoms with van der Waals surface area (Å²) in [5.41, 5.74) is 1.62. The highest BCUT2D eigenvalue weighted by Crippen LogP contribution is 2.28. The summed E-state index contributed by atoms with van der Waals surface area (Å²) in [4.78, 5) is 30.8. The number of carbonyl (C=O) groups is 2. The van der Waals surface area contributed by atoms with Crippen LogP contribution in [0.4, 0.5) is 20.4 Å². The summed E-state index contributed by atoms with van der Waals surface area (Å²) in [6.07, 6.45) is 0.0898. The predicted octanol–water partition coefficient (Wildman–Crippen LogP) is 3.31. The Morgan fingerprint density at radius 3 is 2.73 bits per heavy atom. The number of fused-ring (bicyclic) bond motifs is 1. The summed E-state index contributed by atoms with van der Waals surface area (Å²) in [6, 6.07) is 7.09. The lowest BCUT2D eigenvalue weighted by molar-refractivity contribution is 0.187. The van der Waals surface area contributed by atoms with Crippen LogP contribution in [0.25, 0.3) is 0 Å². The van der Waals surface area contributed by atoms with E-state index in [1.807, 2.05) is 31.2 Å². The van der Waals surface area contributed by atoms with Gasteiger partial charge in [0.15, 0.2) is 5.13 Å². The summed E-state index contributed by atoms with van der Waals surface area (Å²) in [6.45, 7) is 3.55. The van der Waals surface area contributed by atoms with Crippen LogP contribution in [0.5, 0.6) is 5.75 Å². The summed E-state index contributed by atoms with van der Waals surface area (Å²) in [5, 5.41) is 5.93. The maximum absolute atomic E-state index is 12.5. The number of nitrogens with zero attached hydrogens (tertiary/aromatic N) is 2. The van der Waals surface area contributed by atoms with Gasteiger partial charge in [-0.15, -0.1) is 0 Å². The van der Waals surface area contributed by atoms with Crippen molar-refractivity contribution in [3.8, 4) is 5.75 Å². The van der Waals surface area contributed by atoms with Crippen molar-refractivity contribution < 1.29 is 19.1 Å². The number of anilines is 2. The first-order valence-electron chi connectivity index (χ1n) is 8.21. The molecule has 0 radical (unpaired) electrons. The number of hydrogen-bond donors (Lipinski definition) is 2. The maximum Gasteiger partial charge on any atom is 0.413 e. The number of carbonyl (C=O) groups excluding carboxylic acids is 2. The Hall–Kier alpha value is -2.81. The van der Waals surface area contributed by atoms with Gasteiger partial charge in [-0.2, -0.15) is 0 Å². The molecule has 0 saturated heterocycles. The van der Waals surface area contributed by atoms with Gasteiger partial charge < -0.3 is 19.7 Å². The average Bonchev–Trinajstić information content (AvgIpc) is 3.04. The molecule has 0 spiro atoms. The topological polar surface area (TPSA) is 92.8 Å². The maximum atomic E-state index is 12.5. The van der Waals surface area contributed by atoms with Crippen LogP contribution < -0.4 is 15.4 Å². The van der Waals surface area contributed by atoms with Crippen LogP contribution in [-0.4, -0.2) is 42.3 Å². The Bertz CT molecular complexity index is 791. The van der Waals surface area contributed by atoms with E-state index in [0.717, 1.165) is 16.3 Å². The molecule has 0 saturated carbocycles. The molecule has 138 valence electrons. The lowest BCUT2D eigenvalue weighted by atomic mass is 10.2. The van der Waals surface area contributed by atoms with Crippen LogP contribution in [0.1, 0.15) is 17.5 Å². The van der Waals surface area contributed by atoms with Gasteiger partial charge in [0.25, 0.3) is 0 Å². The fraction of sp³-hybridized carbons (Fsp3) is 0.353. The zero-order chi connectivity index (χ0) is 18.5. The second-order valence-electron chi connectivity index (χ2n) is 5.56. The number of rotatable bonds is 4. The molecule has 3 amide bonds. The third kappa shape index (κ3) is 4.23. The molecule has 1 aromatic carbocycles. The van der Waals surface area contributed by atoms with Crippen LogP contribution in [-0.2, 0) is 17.7 Å². The number of methoxy groups -OCH3 is 1. The molecule has 1 aliphatic heterocycles. The number of amides is 3. The van der Waals surface area contributed by atoms with E-state index in [9.17, 15) is 9.59 Å². The first-order valence-corrected chi connectivity index (χ1v) is 9.03. The molecular weight excluding hydrogens is 356 g/mol. The van der Waals surface area contributed by atoms with Gasteiger partial charge in [0.05, 0.1) is 26.0 Å². The Balaban J connectivity index is 1.60. The van der Waals surface area contributed by atoms with Gasteiger partial charge in [0, 0.05) is 23.5 Å². The molecule has 9 heteroatoms. The van der Waals surface area contributed by atoms with Gasteiger partial charge in [-0.25, -0.2) is 14.6 Å². The Morgan fingerprint density at radius 2 is 2.04 bits per heavy atom. The van der Waals surface area contributed by atoms with Gasteiger partial charge in [0.1, 0.15) is 5.75 Å². The Morgan fingerprint density at radius 1 is 1.27 bits per heavy atom. The van der Waals surface area contributed by atoms with Gasteiger partial charge in [-0.3, -0.25) is 5.32 Å². The van der Waals surface area contributed by atoms with E-state index >= 15 is 0 Å². The van der Waals surface area contributed by atoms with E-state index in [1.165, 1.54) is 18.4 Å². The molecule has 1 aliphatic rings. The van der Waals surface area contributed by atoms with E-state index in [2.05, 4.69) is 20.4 Å². The molecule has 1 aromatic heterocycles. The minimum absolute atomic E-state index is 0.171. The average molecular weight is 376 g/mol. The molecule has 2 heterocycles. The van der Waals surface area contributed by atoms with Crippen molar-refractivity contribution in [1.82, 2.24) is 9.88 Å². The molecular formula is C17H20N4O4S. The van der Waals surface area contributed by atoms with Crippen molar-refractivity contribution in [3.63, 3.8) is 0 Å². The van der Waals surface area contributed by atoms with Crippen molar-refractivity contribution in [2.24, 2.45) is 0 Å². The third-order valence-electron chi connectivity index (χ3n) is 3.83. The number of ether oxygens (including phenoxy) is 2. The number of benzene rings is 1. The Labute approximate surface area is 155 Å². The summed E-state index contributed by atoms with van der Waals surface area (Å²) in [7, 11) is 1.30. The van der Waals surface area contributed by atoms with Gasteiger partial charge in [-0.05, 0) is 31.2 Å². The molecule has 2 aromatic rings. The van der Waals surface area contributed by atoms with Crippen molar-refractivity contribution in [1.29, 1.82) is 0 Å². The minimum atomic E-state index is -0.554. The molecule has 0 atom stereocenters. The lowest BCUT2D eigenvalue weighted by Gasteiger charge is -2.26. The second-order valence-corrected chi connectivity index (χ2v) is 6.65. The fourth-order valence-electron chi connectivity index (χ4n) is 2.56. The summed E-state index contributed by atoms with van der Waals surface area (Å²) < 4.78 is 9.96. The smallest absolute Gasteiger partial charge is 0.413 e. The number of nitrogens with one attached hydrogen (secondary N) is 2. The monoisotopic (exact) mass is 376 g/mol. The molecule has 3 rings (SSSR count). The first-order chi connectivity index (χ1) is 12.6. The Kier molecular flexibility index (Phi) is 5.57. The molecule has 8 nitrogen and oxygen atoms in total. The number of aromatic nitrogens is 1. The van der Waals surface area contributed by atoms with Gasteiger partial charge in [0.2, 0.25) is 0 Å². The lowest BCUT2D eigenvalue weighted by Crippen LogP contribution is -2.38. The van der Waals surface area contributed by atoms with Crippen LogP contribution in [0, 0.1) is 0 Å². The van der Waals surface area contributed by atoms with Crippen LogP contribution in [0.15, 0.2) is 24.3 Å². The molecule has 0 aliphatic carbocycles. The zero-order valence-electron chi connectivity index (χ0n) is 14.6. The van der Waals surface area contributed by atoms with E-state index in [1.54, 1.807) is 4.90 Å². The van der Waals surface area contributed by atoms with Crippen LogP contribution >= 0.6 is 11.3 Å². The zero-order valence-corrected chi connectivity index (χ0v) is 15.4. The minimum Gasteiger partial charge on any atom is -0.494 e. The fourth-order valence-corrected chi connectivity index (χ4v) is 3.57. The van der Waals surface area contributed by atoms with Gasteiger partial charge in [-0.1, -0.05) is 11.3 Å². The SMILES string of the molecule is CCOc1ccc(NC(=O)N2CCc3nc(NC(=O)OC)sc3C2)cc1. The van der Waals surface area contributed by atoms with Crippen molar-refractivity contribution in [2.75, 3.05) is 30.9 Å². The quantitative estimate of drug-likeness (QED) is 0.854. The van der Waals surface area contributed by atoms with E-state index in [-0.39, 0.29) is 6.03 Å². The second kappa shape index (κ2) is 8.05. The van der Waals surface area contributed by atoms with Crippen LogP contribution in [0.2, 0.25) is 0 Å². The highest BCUT2D eigenvalue weighted by molar-refractivity contribution is 7.15. The van der Waals surface area contributed by atoms with E-state index in [4.69, 9.17) is 4.74 Å². The highest BCUT2D eigenvalue weighted by atomic mass is 32.1. The summed E-state index contributed by atoms with van der Waals surface area (Å²) >= 11 is 1.35. The number of thiazole rings is 1. The normalized spacial score (nSPS) is 12.9. The van der Waals surface area contributed by atoms with E-state index < -0.39 is 6.09 Å². The van der Waals surface area contributed by atoms with Crippen molar-refractivity contribution >= 4 is 34.3 Å². The first kappa shape index (κ1) is 18.0. The molecule has 0 bridgehead atoms. The van der Waals surface area contributed by atoms with Crippen molar-refractivity contribution in [3.05, 3.63) is 34.8 Å². The van der Waals surface area contributed by atoms with Crippen molar-refractivity contribution in [2.45, 2.75) is 19.9 Å². The largest absolute Gasteiger partial charge is 0.494 e. The number of hydrogen-bond acceptors (Lipinski definition) is 6. The third-order valence-corrected chi connectivity index (χ3v) is 4.83. The molecule has 0 fully saturated rings. The predicted molar refractivity (Wildman–Crippen MR) is 98.9 cm³/mol. The summed E-state index contributed by atoms with van der Waals surface area (Å²) in [5.74, 6) is 0.767. The molecule has 0 unspecified atom stereocenters. The van der Waals surface area contributed by atoms with Crippen LogP contribution in [0.3, 0.4) is 0 Å². The number of urea groups is 1. The highest BCUT2D eigenvalue weighted by Gasteiger charge is 2.24. The molecule has 2 N–H and O–H groups in total. The van der Waals surface area contributed by atoms with Gasteiger partial charge >= 0.3 is 12.1 Å². The standard InChI is InChI=1S/C17H20N4O4S/c1-3-25-12-6-4-11(5-7-12)18-16(22)21-9-8-13-14(10-21)26-15(19-13)20-17(23)24-2/h4-7H,3,8-10H2,1-2H3,(H,18,22)(H,19,20,23). The van der Waals surface area contributed by atoms with E-state index in [0.29, 0.717) is 36.9 Å². The molecule has 26 heavy (non-hydrogen) atoms.